The lowest BCUT2D eigenvalue weighted by Crippen LogP contribution is -2.77. The molecule has 0 unspecified atom stereocenters. The number of ether oxygens (including phenoxy) is 1. The Morgan fingerprint density at radius 2 is 1.14 bits per heavy atom. The van der Waals surface area contributed by atoms with E-state index in [0.717, 1.165) is 78.1 Å². The second-order valence-electron chi connectivity index (χ2n) is 16.2. The van der Waals surface area contributed by atoms with E-state index in [1.165, 1.54) is 26.1 Å². The van der Waals surface area contributed by atoms with E-state index >= 15 is 0 Å². The summed E-state index contributed by atoms with van der Waals surface area (Å²) in [6.07, 6.45) is 5.79. The first-order chi connectivity index (χ1) is 31.3. The minimum absolute atomic E-state index is 0.725. The van der Waals surface area contributed by atoms with Crippen molar-refractivity contribution in [3.8, 4) is 17.3 Å². The van der Waals surface area contributed by atoms with Gasteiger partial charge in [-0.25, -0.2) is 9.97 Å². The van der Waals surface area contributed by atoms with Crippen molar-refractivity contribution in [1.29, 1.82) is 0 Å². The largest absolute Gasteiger partial charge is 0.455 e. The molecule has 0 saturated carbocycles. The highest BCUT2D eigenvalue weighted by atomic mass is 28.3. The molecule has 0 amide bonds. The van der Waals surface area contributed by atoms with Crippen LogP contribution in [0.4, 0.5) is 17.1 Å². The van der Waals surface area contributed by atoms with Gasteiger partial charge in [-0.2, -0.15) is 0 Å². The van der Waals surface area contributed by atoms with Gasteiger partial charge in [0.05, 0.1) is 22.2 Å². The Balaban J connectivity index is 1.23. The zero-order valence-corrected chi connectivity index (χ0v) is 35.0. The average Bonchev–Trinajstić information content (AvgIpc) is 3.98. The first-order valence-electron chi connectivity index (χ1n) is 21.3. The predicted molar refractivity (Wildman–Crippen MR) is 261 cm³/mol. The van der Waals surface area contributed by atoms with E-state index < -0.39 is 8.07 Å². The summed E-state index contributed by atoms with van der Waals surface area (Å²) < 4.78 is 12.1. The summed E-state index contributed by atoms with van der Waals surface area (Å²) in [6, 6.07) is 74.4. The van der Waals surface area contributed by atoms with Crippen LogP contribution in [-0.2, 0) is 0 Å². The first kappa shape index (κ1) is 35.5. The van der Waals surface area contributed by atoms with Crippen LogP contribution in [0.2, 0.25) is 0 Å². The second kappa shape index (κ2) is 13.9. The fourth-order valence-corrected chi connectivity index (χ4v) is 15.8. The Morgan fingerprint density at radius 1 is 0.476 bits per heavy atom. The fraction of sp³-hybridized carbons (Fsp3) is 0. The monoisotopic (exact) mass is 823 g/mol. The number of nitrogens with zero attached hydrogens (tertiary/aromatic N) is 5. The van der Waals surface area contributed by atoms with Crippen LogP contribution < -0.4 is 30.4 Å². The Kier molecular flexibility index (Phi) is 7.82. The maximum Gasteiger partial charge on any atom is 0.185 e. The van der Waals surface area contributed by atoms with Crippen molar-refractivity contribution in [3.63, 3.8) is 0 Å². The zero-order chi connectivity index (χ0) is 41.5. The van der Waals surface area contributed by atoms with Gasteiger partial charge >= 0.3 is 0 Å². The average molecular weight is 824 g/mol. The van der Waals surface area contributed by atoms with Gasteiger partial charge in [-0.1, -0.05) is 140 Å². The van der Waals surface area contributed by atoms with Crippen LogP contribution in [0.25, 0.3) is 54.9 Å². The van der Waals surface area contributed by atoms with Crippen molar-refractivity contribution < 1.29 is 4.74 Å². The summed E-state index contributed by atoms with van der Waals surface area (Å²) in [4.78, 5) is 12.3. The highest BCUT2D eigenvalue weighted by Gasteiger charge is 2.51. The minimum Gasteiger partial charge on any atom is -0.455 e. The molecule has 0 N–H and O–H groups in total. The number of rotatable bonds is 6. The van der Waals surface area contributed by atoms with E-state index in [0.29, 0.717) is 0 Å². The number of pyridine rings is 2. The molecular weight excluding hydrogens is 787 g/mol. The van der Waals surface area contributed by atoms with Crippen LogP contribution in [0, 0.1) is 0 Å². The zero-order valence-electron chi connectivity index (χ0n) is 34.0. The highest BCUT2D eigenvalue weighted by molar-refractivity contribution is 7.22. The van der Waals surface area contributed by atoms with Gasteiger partial charge in [0, 0.05) is 57.6 Å². The van der Waals surface area contributed by atoms with Gasteiger partial charge < -0.3 is 9.64 Å². The van der Waals surface area contributed by atoms with Gasteiger partial charge in [-0.15, -0.1) is 0 Å². The van der Waals surface area contributed by atoms with E-state index in [-0.39, 0.29) is 0 Å². The van der Waals surface area contributed by atoms with Gasteiger partial charge in [0.15, 0.2) is 13.8 Å². The van der Waals surface area contributed by atoms with E-state index in [4.69, 9.17) is 14.7 Å². The second-order valence-corrected chi connectivity index (χ2v) is 19.8. The predicted octanol–water partition coefficient (Wildman–Crippen LogP) is 11.1. The molecule has 4 aromatic heterocycles. The van der Waals surface area contributed by atoms with Crippen LogP contribution in [0.3, 0.4) is 0 Å². The number of anilines is 3. The number of hydrogen-bond acceptors (Lipinski definition) is 4. The molecule has 1 aliphatic heterocycles. The summed E-state index contributed by atoms with van der Waals surface area (Å²) in [7, 11) is -3.24. The summed E-state index contributed by atoms with van der Waals surface area (Å²) in [5, 5.41) is 10.8. The lowest BCUT2D eigenvalue weighted by Gasteiger charge is -2.46. The van der Waals surface area contributed by atoms with Gasteiger partial charge in [0.1, 0.15) is 17.2 Å². The topological polar surface area (TPSA) is 47.6 Å². The van der Waals surface area contributed by atoms with Crippen LogP contribution in [0.1, 0.15) is 0 Å². The number of benzene rings is 8. The van der Waals surface area contributed by atoms with Crippen molar-refractivity contribution in [2.24, 2.45) is 0 Å². The lowest BCUT2D eigenvalue weighted by atomic mass is 10.1. The third-order valence-electron chi connectivity index (χ3n) is 12.9. The van der Waals surface area contributed by atoms with Crippen LogP contribution in [-0.4, -0.2) is 27.0 Å². The maximum atomic E-state index is 7.56. The SMILES string of the molecule is c1ccc(N2c3ccccc3[Si](c3ccccc3)(c3ccccc3)c3c2c(Oc2ccc4c5ccccc5n5ccnc5c4c2)cc2c3c3ccccc3n2-c2ccccn2)cc1. The standard InChI is InChI=1S/C56H37N5OSi/c1-4-18-38(19-5-1)60-48-28-14-15-29-51(48)63(40-20-6-2-7-21-40,41-22-8-3-9-23-41)55-53-44-25-11-13-27-47(44)61(52-30-16-17-33-57-52)49(53)37-50(54(55)60)62-39-31-32-42-43-24-10-12-26-46(43)59-35-34-58-56(59)45(42)36-39/h1-37H. The van der Waals surface area contributed by atoms with E-state index in [1.807, 2.05) is 24.7 Å². The number of para-hydroxylation sites is 4. The van der Waals surface area contributed by atoms with Crippen molar-refractivity contribution in [2.75, 3.05) is 4.90 Å². The summed E-state index contributed by atoms with van der Waals surface area (Å²) in [6.45, 7) is 0. The normalized spacial score (nSPS) is 13.2. The first-order valence-corrected chi connectivity index (χ1v) is 23.3. The molecule has 12 aromatic rings. The number of fused-ring (bicyclic) bond motifs is 12. The number of hydrogen-bond donors (Lipinski definition) is 0. The van der Waals surface area contributed by atoms with E-state index in [1.54, 1.807) is 0 Å². The highest BCUT2D eigenvalue weighted by Crippen LogP contribution is 2.49. The summed E-state index contributed by atoms with van der Waals surface area (Å²) >= 11 is 0. The van der Waals surface area contributed by atoms with Crippen LogP contribution >= 0.6 is 0 Å². The molecule has 0 aliphatic carbocycles. The number of imidazole rings is 1. The van der Waals surface area contributed by atoms with Crippen LogP contribution in [0.5, 0.6) is 11.5 Å². The molecule has 0 bridgehead atoms. The molecule has 1 aliphatic rings. The van der Waals surface area contributed by atoms with Gasteiger partial charge in [0.25, 0.3) is 0 Å². The maximum absolute atomic E-state index is 7.56. The molecule has 63 heavy (non-hydrogen) atoms. The van der Waals surface area contributed by atoms with Gasteiger partial charge in [-0.3, -0.25) is 8.97 Å². The summed E-state index contributed by atoms with van der Waals surface area (Å²) in [5.41, 5.74) is 7.34. The van der Waals surface area contributed by atoms with Crippen molar-refractivity contribution in [3.05, 3.63) is 225 Å². The molecule has 6 nitrogen and oxygen atoms in total. The molecule has 0 spiro atoms. The van der Waals surface area contributed by atoms with Gasteiger partial charge in [-0.05, 0) is 86.8 Å². The van der Waals surface area contributed by atoms with Crippen molar-refractivity contribution in [1.82, 2.24) is 18.9 Å². The molecule has 0 radical (unpaired) electrons. The third kappa shape index (κ3) is 5.11. The molecule has 0 saturated heterocycles. The smallest absolute Gasteiger partial charge is 0.185 e. The summed E-state index contributed by atoms with van der Waals surface area (Å²) in [5.74, 6) is 2.32. The number of aromatic nitrogens is 4. The van der Waals surface area contributed by atoms with Crippen LogP contribution in [0.15, 0.2) is 225 Å². The Morgan fingerprint density at radius 3 is 1.90 bits per heavy atom. The third-order valence-corrected chi connectivity index (χ3v) is 17.8. The molecule has 7 heteroatoms. The molecule has 5 heterocycles. The molecular formula is C56H37N5OSi. The molecule has 0 fully saturated rings. The fourth-order valence-electron chi connectivity index (χ4n) is 10.5. The molecule has 296 valence electrons. The van der Waals surface area contributed by atoms with Crippen molar-refractivity contribution >= 4 is 95.0 Å². The van der Waals surface area contributed by atoms with E-state index in [2.05, 4.69) is 214 Å². The molecule has 0 atom stereocenters. The minimum atomic E-state index is -3.24. The van der Waals surface area contributed by atoms with E-state index in [9.17, 15) is 0 Å². The lowest BCUT2D eigenvalue weighted by molar-refractivity contribution is 0.485. The quantitative estimate of drug-likeness (QED) is 0.124. The Bertz CT molecular complexity index is 3680. The Labute approximate surface area is 364 Å². The van der Waals surface area contributed by atoms with Gasteiger partial charge in [0.2, 0.25) is 0 Å². The molecule has 13 rings (SSSR count). The van der Waals surface area contributed by atoms with Crippen molar-refractivity contribution in [2.45, 2.75) is 0 Å². The Hall–Kier alpha value is -8.26. The molecule has 8 aromatic carbocycles.